The van der Waals surface area contributed by atoms with Crippen LogP contribution in [0.3, 0.4) is 0 Å². The van der Waals surface area contributed by atoms with E-state index in [2.05, 4.69) is 20.4 Å². The molecule has 4 heterocycles. The zero-order chi connectivity index (χ0) is 22.9. The van der Waals surface area contributed by atoms with E-state index in [1.807, 2.05) is 57.2 Å². The molecule has 1 amide bonds. The fraction of sp³-hybridized carbons (Fsp3) is 0.417. The molecule has 2 aliphatic rings. The summed E-state index contributed by atoms with van der Waals surface area (Å²) in [6, 6.07) is 11.7. The molecule has 9 nitrogen and oxygen atoms in total. The molecule has 3 aromatic rings. The molecule has 0 spiro atoms. The van der Waals surface area contributed by atoms with Gasteiger partial charge < -0.3 is 19.7 Å². The number of rotatable bonds is 5. The number of carbonyl (C=O) groups is 1. The summed E-state index contributed by atoms with van der Waals surface area (Å²) in [5, 5.41) is 16.6. The lowest BCUT2D eigenvalue weighted by molar-refractivity contribution is -0.116. The molecule has 33 heavy (non-hydrogen) atoms. The fourth-order valence-electron chi connectivity index (χ4n) is 4.50. The van der Waals surface area contributed by atoms with Gasteiger partial charge in [-0.15, -0.1) is 10.2 Å². The summed E-state index contributed by atoms with van der Waals surface area (Å²) in [4.78, 5) is 14.9. The molecule has 0 aliphatic carbocycles. The van der Waals surface area contributed by atoms with E-state index in [0.717, 1.165) is 41.5 Å². The van der Waals surface area contributed by atoms with E-state index < -0.39 is 0 Å². The lowest BCUT2D eigenvalue weighted by Gasteiger charge is -2.27. The zero-order valence-electron chi connectivity index (χ0n) is 19.1. The predicted molar refractivity (Wildman–Crippen MR) is 124 cm³/mol. The van der Waals surface area contributed by atoms with Crippen molar-refractivity contribution in [3.05, 3.63) is 53.2 Å². The summed E-state index contributed by atoms with van der Waals surface area (Å²) in [7, 11) is 0. The molecule has 5 rings (SSSR count). The first-order valence-corrected chi connectivity index (χ1v) is 11.3. The van der Waals surface area contributed by atoms with E-state index in [9.17, 15) is 4.79 Å². The van der Waals surface area contributed by atoms with Gasteiger partial charge in [0.2, 0.25) is 5.91 Å². The number of hydrogen-bond acceptors (Lipinski definition) is 7. The Morgan fingerprint density at radius 1 is 1.09 bits per heavy atom. The van der Waals surface area contributed by atoms with Gasteiger partial charge in [0.05, 0.1) is 25.0 Å². The highest BCUT2D eigenvalue weighted by molar-refractivity contribution is 5.95. The van der Waals surface area contributed by atoms with Crippen LogP contribution in [0.2, 0.25) is 0 Å². The van der Waals surface area contributed by atoms with Crippen molar-refractivity contribution >= 4 is 17.5 Å². The second kappa shape index (κ2) is 8.82. The smallest absolute Gasteiger partial charge is 0.226 e. The van der Waals surface area contributed by atoms with E-state index in [1.54, 1.807) is 4.68 Å². The molecule has 1 fully saturated rings. The van der Waals surface area contributed by atoms with Crippen LogP contribution in [0.4, 0.5) is 11.6 Å². The Morgan fingerprint density at radius 3 is 2.55 bits per heavy atom. The minimum atomic E-state index is -0.155. The largest absolute Gasteiger partial charge is 0.491 e. The van der Waals surface area contributed by atoms with Gasteiger partial charge in [-0.1, -0.05) is 18.2 Å². The maximum Gasteiger partial charge on any atom is 0.226 e. The molecule has 0 bridgehead atoms. The minimum absolute atomic E-state index is 0.0344. The van der Waals surface area contributed by atoms with Gasteiger partial charge in [-0.3, -0.25) is 4.79 Å². The third kappa shape index (κ3) is 4.16. The number of carbonyl (C=O) groups excluding carboxylic acids is 1. The van der Waals surface area contributed by atoms with E-state index in [4.69, 9.17) is 14.6 Å². The first kappa shape index (κ1) is 21.4. The molecule has 0 radical (unpaired) electrons. The highest BCUT2D eigenvalue weighted by Gasteiger charge is 2.34. The van der Waals surface area contributed by atoms with Crippen molar-refractivity contribution in [2.75, 3.05) is 36.5 Å². The van der Waals surface area contributed by atoms with E-state index in [0.29, 0.717) is 31.3 Å². The van der Waals surface area contributed by atoms with Crippen LogP contribution in [0.5, 0.6) is 5.75 Å². The van der Waals surface area contributed by atoms with Gasteiger partial charge in [-0.2, -0.15) is 9.78 Å². The van der Waals surface area contributed by atoms with Gasteiger partial charge in [0.25, 0.3) is 0 Å². The number of para-hydroxylation sites is 1. The molecule has 1 N–H and O–H groups in total. The summed E-state index contributed by atoms with van der Waals surface area (Å²) >= 11 is 0. The Kier molecular flexibility index (Phi) is 5.72. The topological polar surface area (TPSA) is 94.4 Å². The van der Waals surface area contributed by atoms with E-state index in [1.165, 1.54) is 0 Å². The number of nitrogens with zero attached hydrogens (tertiary/aromatic N) is 5. The van der Waals surface area contributed by atoms with Gasteiger partial charge >= 0.3 is 0 Å². The standard InChI is InChI=1S/C24H28N6O3/c1-15(2)33-19-7-5-4-6-17(19)18-14-22(31)25-24-23(18)16(3)28-30(24)21-9-8-20(26-27-21)29-10-12-32-13-11-29/h4-9,15,18H,10-14H2,1-3H3,(H,25,31). The Hall–Kier alpha value is -3.46. The number of amides is 1. The summed E-state index contributed by atoms with van der Waals surface area (Å²) < 4.78 is 13.1. The number of anilines is 2. The summed E-state index contributed by atoms with van der Waals surface area (Å²) in [5.74, 6) is 2.58. The van der Waals surface area contributed by atoms with Crippen LogP contribution in [0.25, 0.3) is 5.82 Å². The van der Waals surface area contributed by atoms with Gasteiger partial charge in [-0.25, -0.2) is 0 Å². The van der Waals surface area contributed by atoms with Crippen LogP contribution in [-0.2, 0) is 9.53 Å². The first-order valence-electron chi connectivity index (χ1n) is 11.3. The van der Waals surface area contributed by atoms with Crippen molar-refractivity contribution in [1.82, 2.24) is 20.0 Å². The van der Waals surface area contributed by atoms with Gasteiger partial charge in [-0.05, 0) is 39.0 Å². The van der Waals surface area contributed by atoms with Crippen LogP contribution >= 0.6 is 0 Å². The molecule has 1 aromatic carbocycles. The van der Waals surface area contributed by atoms with Crippen LogP contribution in [0.1, 0.15) is 43.0 Å². The maximum absolute atomic E-state index is 12.7. The van der Waals surface area contributed by atoms with Crippen molar-refractivity contribution < 1.29 is 14.3 Å². The number of morpholine rings is 1. The van der Waals surface area contributed by atoms with Crippen molar-refractivity contribution in [3.63, 3.8) is 0 Å². The lowest BCUT2D eigenvalue weighted by Crippen LogP contribution is -2.36. The highest BCUT2D eigenvalue weighted by Crippen LogP contribution is 2.43. The van der Waals surface area contributed by atoms with Gasteiger partial charge in [0.1, 0.15) is 11.6 Å². The second-order valence-electron chi connectivity index (χ2n) is 8.62. The number of aromatic nitrogens is 4. The molecule has 172 valence electrons. The number of hydrogen-bond donors (Lipinski definition) is 1. The van der Waals surface area contributed by atoms with Gasteiger partial charge in [0, 0.05) is 36.6 Å². The minimum Gasteiger partial charge on any atom is -0.491 e. The molecule has 2 aliphatic heterocycles. The van der Waals surface area contributed by atoms with E-state index >= 15 is 0 Å². The lowest BCUT2D eigenvalue weighted by atomic mass is 9.85. The van der Waals surface area contributed by atoms with Crippen LogP contribution in [0, 0.1) is 6.92 Å². The average Bonchev–Trinajstić information content (AvgIpc) is 3.15. The fourth-order valence-corrected chi connectivity index (χ4v) is 4.50. The van der Waals surface area contributed by atoms with Crippen LogP contribution in [-0.4, -0.2) is 58.3 Å². The number of aryl methyl sites for hydroxylation is 1. The normalized spacial score (nSPS) is 18.2. The molecular formula is C24H28N6O3. The number of fused-ring (bicyclic) bond motifs is 1. The summed E-state index contributed by atoms with van der Waals surface area (Å²) in [6.07, 6.45) is 0.367. The van der Waals surface area contributed by atoms with E-state index in [-0.39, 0.29) is 17.9 Å². The Bertz CT molecular complexity index is 1150. The average molecular weight is 449 g/mol. The maximum atomic E-state index is 12.7. The third-order valence-corrected chi connectivity index (χ3v) is 5.95. The van der Waals surface area contributed by atoms with Crippen LogP contribution < -0.4 is 15.0 Å². The quantitative estimate of drug-likeness (QED) is 0.641. The molecule has 1 unspecified atom stereocenters. The number of benzene rings is 1. The second-order valence-corrected chi connectivity index (χ2v) is 8.62. The third-order valence-electron chi connectivity index (χ3n) is 5.95. The van der Waals surface area contributed by atoms with Crippen molar-refractivity contribution in [2.24, 2.45) is 0 Å². The summed E-state index contributed by atoms with van der Waals surface area (Å²) in [6.45, 7) is 8.91. The molecule has 1 atom stereocenters. The van der Waals surface area contributed by atoms with Crippen molar-refractivity contribution in [2.45, 2.75) is 39.2 Å². The molecule has 2 aromatic heterocycles. The molecule has 9 heteroatoms. The van der Waals surface area contributed by atoms with Crippen molar-refractivity contribution in [1.29, 1.82) is 0 Å². The van der Waals surface area contributed by atoms with Gasteiger partial charge in [0.15, 0.2) is 11.6 Å². The number of ether oxygens (including phenoxy) is 2. The first-order chi connectivity index (χ1) is 16.0. The monoisotopic (exact) mass is 448 g/mol. The van der Waals surface area contributed by atoms with Crippen molar-refractivity contribution in [3.8, 4) is 11.6 Å². The SMILES string of the molecule is Cc1nn(-c2ccc(N3CCOCC3)nn2)c2c1C(c1ccccc1OC(C)C)CC(=O)N2. The Morgan fingerprint density at radius 2 is 1.82 bits per heavy atom. The molecule has 0 saturated carbocycles. The van der Waals surface area contributed by atoms with Crippen LogP contribution in [0.15, 0.2) is 36.4 Å². The zero-order valence-corrected chi connectivity index (χ0v) is 19.1. The molecule has 1 saturated heterocycles. The Balaban J connectivity index is 1.52. The Labute approximate surface area is 192 Å². The highest BCUT2D eigenvalue weighted by atomic mass is 16.5. The summed E-state index contributed by atoms with van der Waals surface area (Å²) in [5.41, 5.74) is 2.81. The number of nitrogens with one attached hydrogen (secondary N) is 1. The molecular weight excluding hydrogens is 420 g/mol. The predicted octanol–water partition coefficient (Wildman–Crippen LogP) is 3.07.